The molecular formula is C7H20N2OSi. The first-order valence-electron chi connectivity index (χ1n) is 4.26. The van der Waals surface area contributed by atoms with Crippen molar-refractivity contribution in [3.05, 3.63) is 0 Å². The molecule has 0 saturated carbocycles. The van der Waals surface area contributed by atoms with E-state index in [0.717, 1.165) is 13.0 Å². The number of hydrogen-bond donors (Lipinski definition) is 2. The molecule has 11 heavy (non-hydrogen) atoms. The van der Waals surface area contributed by atoms with Gasteiger partial charge in [0, 0.05) is 17.9 Å². The summed E-state index contributed by atoms with van der Waals surface area (Å²) in [5.41, 5.74) is 12.0. The lowest BCUT2D eigenvalue weighted by Gasteiger charge is -2.23. The van der Waals surface area contributed by atoms with Crippen molar-refractivity contribution in [2.45, 2.75) is 38.5 Å². The Morgan fingerprint density at radius 1 is 1.36 bits per heavy atom. The van der Waals surface area contributed by atoms with Gasteiger partial charge in [0.1, 0.15) is 0 Å². The first-order valence-corrected chi connectivity index (χ1v) is 6.06. The molecule has 0 amide bonds. The van der Waals surface area contributed by atoms with Gasteiger partial charge >= 0.3 is 0 Å². The second kappa shape index (κ2) is 5.71. The maximum Gasteiger partial charge on any atom is 0.209 e. The Bertz CT molecular complexity index is 100. The molecule has 0 rings (SSSR count). The van der Waals surface area contributed by atoms with E-state index in [2.05, 4.69) is 6.92 Å². The minimum Gasteiger partial charge on any atom is -0.417 e. The Kier molecular flexibility index (Phi) is 5.76. The number of rotatable bonds is 5. The van der Waals surface area contributed by atoms with Crippen LogP contribution in [0.1, 0.15) is 27.2 Å². The third-order valence-electron chi connectivity index (χ3n) is 1.77. The van der Waals surface area contributed by atoms with E-state index in [1.807, 2.05) is 13.8 Å². The van der Waals surface area contributed by atoms with E-state index in [1.165, 1.54) is 0 Å². The van der Waals surface area contributed by atoms with Crippen molar-refractivity contribution in [3.63, 3.8) is 0 Å². The molecule has 0 bridgehead atoms. The van der Waals surface area contributed by atoms with Gasteiger partial charge in [-0.1, -0.05) is 13.8 Å². The van der Waals surface area contributed by atoms with Crippen molar-refractivity contribution < 1.29 is 4.43 Å². The molecule has 4 N–H and O–H groups in total. The second-order valence-electron chi connectivity index (χ2n) is 2.85. The van der Waals surface area contributed by atoms with Gasteiger partial charge in [-0.25, -0.2) is 0 Å². The summed E-state index contributed by atoms with van der Waals surface area (Å²) in [4.78, 5) is 0. The van der Waals surface area contributed by atoms with Crippen LogP contribution in [0.5, 0.6) is 0 Å². The second-order valence-corrected chi connectivity index (χ2v) is 6.02. The molecule has 0 saturated heterocycles. The van der Waals surface area contributed by atoms with E-state index >= 15 is 0 Å². The highest BCUT2D eigenvalue weighted by Gasteiger charge is 2.22. The van der Waals surface area contributed by atoms with Crippen LogP contribution in [-0.4, -0.2) is 27.0 Å². The highest BCUT2D eigenvalue weighted by atomic mass is 28.3. The molecular weight excluding hydrogens is 156 g/mol. The zero-order chi connectivity index (χ0) is 8.85. The average Bonchev–Trinajstić information content (AvgIpc) is 1.98. The SMILES string of the molecule is CCO[SiH](C(C)N)C(N)CC. The smallest absolute Gasteiger partial charge is 0.209 e. The van der Waals surface area contributed by atoms with Crippen LogP contribution >= 0.6 is 0 Å². The molecule has 3 nitrogen and oxygen atoms in total. The van der Waals surface area contributed by atoms with Gasteiger partial charge in [0.25, 0.3) is 0 Å². The van der Waals surface area contributed by atoms with E-state index in [1.54, 1.807) is 0 Å². The topological polar surface area (TPSA) is 61.3 Å². The van der Waals surface area contributed by atoms with E-state index in [0.29, 0.717) is 0 Å². The fourth-order valence-corrected chi connectivity index (χ4v) is 3.27. The van der Waals surface area contributed by atoms with Crippen LogP contribution in [0, 0.1) is 0 Å². The zero-order valence-corrected chi connectivity index (χ0v) is 8.86. The molecule has 3 unspecified atom stereocenters. The normalized spacial score (nSPS) is 19.4. The van der Waals surface area contributed by atoms with Crippen molar-refractivity contribution in [2.24, 2.45) is 11.5 Å². The van der Waals surface area contributed by atoms with Gasteiger partial charge < -0.3 is 15.9 Å². The standard InChI is InChI=1S/C7H20N2OSi/c1-4-7(9)11(6(3)8)10-5-2/h6-7,11H,4-5,8-9H2,1-3H3. The van der Waals surface area contributed by atoms with Gasteiger partial charge in [-0.2, -0.15) is 0 Å². The molecule has 3 atom stereocenters. The Morgan fingerprint density at radius 3 is 2.18 bits per heavy atom. The molecule has 0 aromatic carbocycles. The van der Waals surface area contributed by atoms with Crippen LogP contribution < -0.4 is 11.5 Å². The van der Waals surface area contributed by atoms with Gasteiger partial charge in [0.2, 0.25) is 9.04 Å². The summed E-state index contributed by atoms with van der Waals surface area (Å²) in [6.07, 6.45) is 0.971. The molecule has 0 fully saturated rings. The lowest BCUT2D eigenvalue weighted by molar-refractivity contribution is 0.326. The van der Waals surface area contributed by atoms with Gasteiger partial charge in [-0.15, -0.1) is 0 Å². The van der Waals surface area contributed by atoms with E-state index in [4.69, 9.17) is 15.9 Å². The van der Waals surface area contributed by atoms with Gasteiger partial charge in [0.05, 0.1) is 0 Å². The highest BCUT2D eigenvalue weighted by Crippen LogP contribution is 1.99. The third-order valence-corrected chi connectivity index (χ3v) is 4.84. The summed E-state index contributed by atoms with van der Waals surface area (Å²) in [6.45, 7) is 6.80. The molecule has 0 aliphatic heterocycles. The van der Waals surface area contributed by atoms with Crippen molar-refractivity contribution >= 4 is 9.04 Å². The highest BCUT2D eigenvalue weighted by molar-refractivity contribution is 6.55. The molecule has 0 aliphatic rings. The molecule has 0 aliphatic carbocycles. The third kappa shape index (κ3) is 3.86. The Labute approximate surface area is 70.8 Å². The van der Waals surface area contributed by atoms with Crippen LogP contribution in [-0.2, 0) is 4.43 Å². The molecule has 0 spiro atoms. The number of hydrogen-bond acceptors (Lipinski definition) is 3. The Hall–Kier alpha value is 0.0969. The van der Waals surface area contributed by atoms with Crippen molar-refractivity contribution in [1.82, 2.24) is 0 Å². The zero-order valence-electron chi connectivity index (χ0n) is 7.71. The monoisotopic (exact) mass is 176 g/mol. The fourth-order valence-electron chi connectivity index (χ4n) is 1.09. The summed E-state index contributed by atoms with van der Waals surface area (Å²) < 4.78 is 5.54. The fraction of sp³-hybridized carbons (Fsp3) is 1.00. The van der Waals surface area contributed by atoms with E-state index in [9.17, 15) is 0 Å². The maximum absolute atomic E-state index is 5.86. The summed E-state index contributed by atoms with van der Waals surface area (Å²) in [7, 11) is -1.35. The molecule has 0 heterocycles. The van der Waals surface area contributed by atoms with Gasteiger partial charge in [-0.05, 0) is 13.3 Å². The van der Waals surface area contributed by atoms with Crippen LogP contribution in [0.4, 0.5) is 0 Å². The van der Waals surface area contributed by atoms with Crippen molar-refractivity contribution in [3.8, 4) is 0 Å². The average molecular weight is 176 g/mol. The van der Waals surface area contributed by atoms with Crippen molar-refractivity contribution in [2.75, 3.05) is 6.61 Å². The quantitative estimate of drug-likeness (QED) is 0.576. The summed E-state index contributed by atoms with van der Waals surface area (Å²) in [6, 6.07) is 0. The largest absolute Gasteiger partial charge is 0.417 e. The van der Waals surface area contributed by atoms with Crippen molar-refractivity contribution in [1.29, 1.82) is 0 Å². The predicted octanol–water partition coefficient (Wildman–Crippen LogP) is -0.0904. The Morgan fingerprint density at radius 2 is 1.91 bits per heavy atom. The molecule has 0 aromatic rings. The maximum atomic E-state index is 5.86. The molecule has 0 aromatic heterocycles. The summed E-state index contributed by atoms with van der Waals surface area (Å²) >= 11 is 0. The molecule has 68 valence electrons. The lowest BCUT2D eigenvalue weighted by Crippen LogP contribution is -2.52. The lowest BCUT2D eigenvalue weighted by atomic mass is 10.5. The van der Waals surface area contributed by atoms with Crippen LogP contribution in [0.3, 0.4) is 0 Å². The first-order chi connectivity index (χ1) is 5.13. The van der Waals surface area contributed by atoms with E-state index < -0.39 is 9.04 Å². The molecule has 4 heteroatoms. The molecule has 0 radical (unpaired) electrons. The van der Waals surface area contributed by atoms with E-state index in [-0.39, 0.29) is 11.3 Å². The van der Waals surface area contributed by atoms with Crippen LogP contribution in [0.15, 0.2) is 0 Å². The summed E-state index contributed by atoms with van der Waals surface area (Å²) in [5, 5.41) is 0. The van der Waals surface area contributed by atoms with Crippen LogP contribution in [0.2, 0.25) is 0 Å². The number of nitrogens with two attached hydrogens (primary N) is 2. The first kappa shape index (κ1) is 11.1. The minimum atomic E-state index is -1.35. The predicted molar refractivity (Wildman–Crippen MR) is 50.7 cm³/mol. The van der Waals surface area contributed by atoms with Gasteiger partial charge in [-0.3, -0.25) is 0 Å². The minimum absolute atomic E-state index is 0.157. The van der Waals surface area contributed by atoms with Crippen LogP contribution in [0.25, 0.3) is 0 Å². The summed E-state index contributed by atoms with van der Waals surface area (Å²) in [5.74, 6) is 0. The Balaban J connectivity index is 3.87. The van der Waals surface area contributed by atoms with Gasteiger partial charge in [0.15, 0.2) is 0 Å².